The van der Waals surface area contributed by atoms with Gasteiger partial charge in [-0.05, 0) is 47.7 Å². The van der Waals surface area contributed by atoms with Crippen LogP contribution in [0.4, 0.5) is 0 Å². The van der Waals surface area contributed by atoms with Crippen molar-refractivity contribution in [1.82, 2.24) is 0 Å². The molecule has 1 aliphatic carbocycles. The summed E-state index contributed by atoms with van der Waals surface area (Å²) < 4.78 is 5.30. The molecule has 2 heteroatoms. The van der Waals surface area contributed by atoms with E-state index in [9.17, 15) is 0 Å². The van der Waals surface area contributed by atoms with Crippen LogP contribution in [-0.2, 0) is 5.54 Å². The van der Waals surface area contributed by atoms with Gasteiger partial charge in [0.05, 0.1) is 7.11 Å². The van der Waals surface area contributed by atoms with Crippen molar-refractivity contribution in [3.8, 4) is 5.75 Å². The van der Waals surface area contributed by atoms with Crippen molar-refractivity contribution in [2.24, 2.45) is 5.73 Å². The van der Waals surface area contributed by atoms with E-state index in [1.54, 1.807) is 7.11 Å². The molecular weight excluding hydrogens is 210 g/mol. The van der Waals surface area contributed by atoms with Gasteiger partial charge in [-0.1, -0.05) is 24.3 Å². The Morgan fingerprint density at radius 1 is 1.18 bits per heavy atom. The zero-order chi connectivity index (χ0) is 11.9. The standard InChI is InChI=1S/C15H17NO/c1-17-12-7-6-11-4-2-5-14(13(11)10-12)15(16)8-3-9-15/h2,4-7,10H,3,8-9,16H2,1H3. The molecule has 0 aromatic heterocycles. The molecule has 0 unspecified atom stereocenters. The summed E-state index contributed by atoms with van der Waals surface area (Å²) in [7, 11) is 1.70. The van der Waals surface area contributed by atoms with E-state index in [4.69, 9.17) is 10.5 Å². The second-order valence-corrected chi connectivity index (χ2v) is 4.90. The van der Waals surface area contributed by atoms with Gasteiger partial charge in [0, 0.05) is 5.54 Å². The van der Waals surface area contributed by atoms with Crippen LogP contribution in [0.15, 0.2) is 36.4 Å². The van der Waals surface area contributed by atoms with Crippen LogP contribution in [0, 0.1) is 0 Å². The lowest BCUT2D eigenvalue weighted by Crippen LogP contribution is -2.43. The molecule has 0 spiro atoms. The molecule has 3 rings (SSSR count). The van der Waals surface area contributed by atoms with Gasteiger partial charge in [-0.25, -0.2) is 0 Å². The molecular formula is C15H17NO. The quantitative estimate of drug-likeness (QED) is 0.855. The van der Waals surface area contributed by atoms with Crippen molar-refractivity contribution in [3.05, 3.63) is 42.0 Å². The Kier molecular flexibility index (Phi) is 2.33. The van der Waals surface area contributed by atoms with Crippen LogP contribution in [0.1, 0.15) is 24.8 Å². The first kappa shape index (κ1) is 10.6. The fraction of sp³-hybridized carbons (Fsp3) is 0.333. The Labute approximate surface area is 101 Å². The molecule has 0 aliphatic heterocycles. The first-order chi connectivity index (χ1) is 8.23. The molecule has 0 heterocycles. The van der Waals surface area contributed by atoms with E-state index in [-0.39, 0.29) is 5.54 Å². The highest BCUT2D eigenvalue weighted by atomic mass is 16.5. The minimum absolute atomic E-state index is 0.119. The molecule has 2 nitrogen and oxygen atoms in total. The third-order valence-electron chi connectivity index (χ3n) is 3.87. The Morgan fingerprint density at radius 2 is 2.00 bits per heavy atom. The molecule has 2 N–H and O–H groups in total. The summed E-state index contributed by atoms with van der Waals surface area (Å²) in [6.45, 7) is 0. The van der Waals surface area contributed by atoms with E-state index < -0.39 is 0 Å². The van der Waals surface area contributed by atoms with Crippen molar-refractivity contribution < 1.29 is 4.74 Å². The second kappa shape index (κ2) is 3.74. The molecule has 2 aromatic rings. The molecule has 0 atom stereocenters. The molecule has 0 amide bonds. The first-order valence-corrected chi connectivity index (χ1v) is 6.09. The molecule has 1 aliphatic rings. The van der Waals surface area contributed by atoms with Gasteiger partial charge in [-0.3, -0.25) is 0 Å². The van der Waals surface area contributed by atoms with Crippen molar-refractivity contribution >= 4 is 10.8 Å². The summed E-state index contributed by atoms with van der Waals surface area (Å²) in [4.78, 5) is 0. The van der Waals surface area contributed by atoms with E-state index in [0.717, 1.165) is 18.6 Å². The van der Waals surface area contributed by atoms with Gasteiger partial charge in [0.25, 0.3) is 0 Å². The maximum absolute atomic E-state index is 6.44. The SMILES string of the molecule is COc1ccc2cccc(C3(N)CCC3)c2c1. The van der Waals surface area contributed by atoms with Gasteiger partial charge >= 0.3 is 0 Å². The van der Waals surface area contributed by atoms with Crippen LogP contribution in [0.25, 0.3) is 10.8 Å². The van der Waals surface area contributed by atoms with Crippen LogP contribution in [0.5, 0.6) is 5.75 Å². The lowest BCUT2D eigenvalue weighted by molar-refractivity contribution is 0.256. The number of fused-ring (bicyclic) bond motifs is 1. The van der Waals surface area contributed by atoms with Gasteiger partial charge in [0.1, 0.15) is 5.75 Å². The highest BCUT2D eigenvalue weighted by Gasteiger charge is 2.35. The van der Waals surface area contributed by atoms with E-state index in [2.05, 4.69) is 30.3 Å². The lowest BCUT2D eigenvalue weighted by atomic mass is 9.71. The summed E-state index contributed by atoms with van der Waals surface area (Å²) in [5.74, 6) is 0.896. The van der Waals surface area contributed by atoms with Crippen molar-refractivity contribution in [2.45, 2.75) is 24.8 Å². The maximum Gasteiger partial charge on any atom is 0.119 e. The minimum Gasteiger partial charge on any atom is -0.497 e. The van der Waals surface area contributed by atoms with E-state index >= 15 is 0 Å². The highest BCUT2D eigenvalue weighted by Crippen LogP contribution is 2.42. The number of hydrogen-bond donors (Lipinski definition) is 1. The van der Waals surface area contributed by atoms with Gasteiger partial charge < -0.3 is 10.5 Å². The number of benzene rings is 2. The molecule has 88 valence electrons. The number of methoxy groups -OCH3 is 1. The lowest BCUT2D eigenvalue weighted by Gasteiger charge is -2.39. The summed E-state index contributed by atoms with van der Waals surface area (Å²) in [5, 5.41) is 2.47. The van der Waals surface area contributed by atoms with Gasteiger partial charge in [-0.2, -0.15) is 0 Å². The topological polar surface area (TPSA) is 35.2 Å². The highest BCUT2D eigenvalue weighted by molar-refractivity contribution is 5.88. The van der Waals surface area contributed by atoms with E-state index in [1.807, 2.05) is 6.07 Å². The van der Waals surface area contributed by atoms with Gasteiger partial charge in [-0.15, -0.1) is 0 Å². The van der Waals surface area contributed by atoms with Crippen LogP contribution < -0.4 is 10.5 Å². The first-order valence-electron chi connectivity index (χ1n) is 6.09. The molecule has 0 bridgehead atoms. The third kappa shape index (κ3) is 1.60. The predicted octanol–water partition coefficient (Wildman–Crippen LogP) is 3.19. The average Bonchev–Trinajstić information content (AvgIpc) is 2.34. The third-order valence-corrected chi connectivity index (χ3v) is 3.87. The molecule has 0 radical (unpaired) electrons. The Morgan fingerprint density at radius 3 is 2.65 bits per heavy atom. The summed E-state index contributed by atoms with van der Waals surface area (Å²) >= 11 is 0. The summed E-state index contributed by atoms with van der Waals surface area (Å²) in [6, 6.07) is 12.6. The van der Waals surface area contributed by atoms with Gasteiger partial charge in [0.15, 0.2) is 0 Å². The van der Waals surface area contributed by atoms with E-state index in [1.165, 1.54) is 22.8 Å². The van der Waals surface area contributed by atoms with Gasteiger partial charge in [0.2, 0.25) is 0 Å². The Balaban J connectivity index is 2.23. The molecule has 17 heavy (non-hydrogen) atoms. The minimum atomic E-state index is -0.119. The maximum atomic E-state index is 6.44. The number of ether oxygens (including phenoxy) is 1. The van der Waals surface area contributed by atoms with Crippen LogP contribution in [-0.4, -0.2) is 7.11 Å². The zero-order valence-electron chi connectivity index (χ0n) is 10.1. The Hall–Kier alpha value is -1.54. The largest absolute Gasteiger partial charge is 0.497 e. The smallest absolute Gasteiger partial charge is 0.119 e. The van der Waals surface area contributed by atoms with Crippen LogP contribution in [0.3, 0.4) is 0 Å². The number of nitrogens with two attached hydrogens (primary N) is 1. The zero-order valence-corrected chi connectivity index (χ0v) is 10.1. The monoisotopic (exact) mass is 227 g/mol. The number of rotatable bonds is 2. The molecule has 0 saturated heterocycles. The molecule has 1 saturated carbocycles. The van der Waals surface area contributed by atoms with Crippen molar-refractivity contribution in [3.63, 3.8) is 0 Å². The normalized spacial score (nSPS) is 17.8. The van der Waals surface area contributed by atoms with E-state index in [0.29, 0.717) is 0 Å². The summed E-state index contributed by atoms with van der Waals surface area (Å²) in [6.07, 6.45) is 3.41. The fourth-order valence-corrected chi connectivity index (χ4v) is 2.64. The predicted molar refractivity (Wildman–Crippen MR) is 70.2 cm³/mol. The molecule has 1 fully saturated rings. The van der Waals surface area contributed by atoms with Crippen molar-refractivity contribution in [1.29, 1.82) is 0 Å². The fourth-order valence-electron chi connectivity index (χ4n) is 2.64. The van der Waals surface area contributed by atoms with Crippen LogP contribution in [0.2, 0.25) is 0 Å². The molecule has 2 aromatic carbocycles. The Bertz CT molecular complexity index is 558. The summed E-state index contributed by atoms with van der Waals surface area (Å²) in [5.41, 5.74) is 7.59. The van der Waals surface area contributed by atoms with Crippen LogP contribution >= 0.6 is 0 Å². The number of hydrogen-bond acceptors (Lipinski definition) is 2. The van der Waals surface area contributed by atoms with Crippen molar-refractivity contribution in [2.75, 3.05) is 7.11 Å². The average molecular weight is 227 g/mol. The second-order valence-electron chi connectivity index (χ2n) is 4.90.